The monoisotopic (exact) mass is 555 g/mol. The lowest BCUT2D eigenvalue weighted by molar-refractivity contribution is -0.116. The Morgan fingerprint density at radius 2 is 1.79 bits per heavy atom. The van der Waals surface area contributed by atoms with E-state index in [2.05, 4.69) is 16.7 Å². The second-order valence-corrected chi connectivity index (χ2v) is 10.7. The number of hydrogen-bond donors (Lipinski definition) is 2. The zero-order chi connectivity index (χ0) is 27.2. The third-order valence-electron chi connectivity index (χ3n) is 6.60. The summed E-state index contributed by atoms with van der Waals surface area (Å²) in [6.45, 7) is 0.448. The standard InChI is InChI=1S/C31H26ClN3O3S/c32-22-11-13-23(14-12-22)34-28(37)19-39-31-25(17-33)29(30-26(35-31)7-4-8-27(30)36)21-9-15-24(16-10-21)38-18-20-5-2-1-3-6-20/h1-3,5-6,9-16,29,35H,4,7-8,18-19H2,(H,34,37)/t29-/m0/s1. The Bertz CT molecular complexity index is 1480. The summed E-state index contributed by atoms with van der Waals surface area (Å²) < 4.78 is 5.93. The van der Waals surface area contributed by atoms with Gasteiger partial charge < -0.3 is 15.4 Å². The second-order valence-electron chi connectivity index (χ2n) is 9.27. The molecule has 3 aromatic rings. The van der Waals surface area contributed by atoms with Gasteiger partial charge in [-0.25, -0.2) is 0 Å². The number of benzene rings is 3. The molecule has 8 heteroatoms. The van der Waals surface area contributed by atoms with Crippen molar-refractivity contribution in [3.63, 3.8) is 0 Å². The summed E-state index contributed by atoms with van der Waals surface area (Å²) in [6, 6.07) is 26.7. The number of Topliss-reactive ketones (excluding diaryl/α,β-unsaturated/α-hetero) is 1. The van der Waals surface area contributed by atoms with Crippen molar-refractivity contribution in [3.8, 4) is 11.8 Å². The average molecular weight is 556 g/mol. The molecular formula is C31H26ClN3O3S. The second kappa shape index (κ2) is 12.2. The first kappa shape index (κ1) is 26.6. The van der Waals surface area contributed by atoms with Crippen LogP contribution in [0.15, 0.2) is 101 Å². The fourth-order valence-electron chi connectivity index (χ4n) is 4.74. The zero-order valence-corrected chi connectivity index (χ0v) is 22.6. The number of ketones is 1. The lowest BCUT2D eigenvalue weighted by Crippen LogP contribution is -2.31. The highest BCUT2D eigenvalue weighted by atomic mass is 35.5. The van der Waals surface area contributed by atoms with Crippen molar-refractivity contribution in [1.29, 1.82) is 5.26 Å². The third kappa shape index (κ3) is 6.36. The first-order valence-electron chi connectivity index (χ1n) is 12.6. The molecule has 3 aromatic carbocycles. The van der Waals surface area contributed by atoms with Crippen LogP contribution in [0.4, 0.5) is 5.69 Å². The first-order chi connectivity index (χ1) is 19.0. The van der Waals surface area contributed by atoms with Crippen LogP contribution in [-0.2, 0) is 16.2 Å². The third-order valence-corrected chi connectivity index (χ3v) is 7.87. The van der Waals surface area contributed by atoms with E-state index >= 15 is 0 Å². The molecular weight excluding hydrogens is 530 g/mol. The van der Waals surface area contributed by atoms with Gasteiger partial charge in [0.05, 0.1) is 28.3 Å². The molecule has 1 heterocycles. The van der Waals surface area contributed by atoms with Gasteiger partial charge in [0.1, 0.15) is 12.4 Å². The number of anilines is 1. The number of thioether (sulfide) groups is 1. The van der Waals surface area contributed by atoms with E-state index in [4.69, 9.17) is 16.3 Å². The number of amides is 1. The Kier molecular flexibility index (Phi) is 8.36. The topological polar surface area (TPSA) is 91.2 Å². The number of nitrogens with zero attached hydrogens (tertiary/aromatic N) is 1. The molecule has 0 fully saturated rings. The molecule has 1 aliphatic heterocycles. The molecule has 196 valence electrons. The van der Waals surface area contributed by atoms with E-state index < -0.39 is 5.92 Å². The van der Waals surface area contributed by atoms with Gasteiger partial charge in [-0.15, -0.1) is 0 Å². The fraction of sp³-hybridized carbons (Fsp3) is 0.194. The molecule has 0 saturated heterocycles. The summed E-state index contributed by atoms with van der Waals surface area (Å²) in [4.78, 5) is 25.7. The van der Waals surface area contributed by atoms with Crippen LogP contribution in [0.3, 0.4) is 0 Å². The maximum Gasteiger partial charge on any atom is 0.234 e. The maximum absolute atomic E-state index is 13.1. The van der Waals surface area contributed by atoms with E-state index in [0.29, 0.717) is 45.7 Å². The van der Waals surface area contributed by atoms with E-state index in [0.717, 1.165) is 29.7 Å². The Balaban J connectivity index is 1.36. The molecule has 2 N–H and O–H groups in total. The van der Waals surface area contributed by atoms with Crippen molar-refractivity contribution in [2.24, 2.45) is 0 Å². The van der Waals surface area contributed by atoms with E-state index in [9.17, 15) is 14.9 Å². The Labute approximate surface area is 236 Å². The summed E-state index contributed by atoms with van der Waals surface area (Å²) in [5.74, 6) is 0.159. The minimum atomic E-state index is -0.496. The largest absolute Gasteiger partial charge is 0.489 e. The van der Waals surface area contributed by atoms with Gasteiger partial charge in [-0.1, -0.05) is 65.8 Å². The number of halogens is 1. The van der Waals surface area contributed by atoms with Crippen LogP contribution in [0.1, 0.15) is 36.3 Å². The molecule has 0 aromatic heterocycles. The van der Waals surface area contributed by atoms with Crippen LogP contribution in [0.5, 0.6) is 5.75 Å². The molecule has 0 radical (unpaired) electrons. The predicted molar refractivity (Wildman–Crippen MR) is 154 cm³/mol. The number of nitriles is 1. The van der Waals surface area contributed by atoms with Crippen molar-refractivity contribution in [1.82, 2.24) is 5.32 Å². The molecule has 0 saturated carbocycles. The Morgan fingerprint density at radius 1 is 1.05 bits per heavy atom. The van der Waals surface area contributed by atoms with Crippen LogP contribution in [-0.4, -0.2) is 17.4 Å². The summed E-state index contributed by atoms with van der Waals surface area (Å²) in [6.07, 6.45) is 1.93. The number of allylic oxidation sites excluding steroid dienone is 3. The van der Waals surface area contributed by atoms with E-state index in [1.54, 1.807) is 24.3 Å². The summed E-state index contributed by atoms with van der Waals surface area (Å²) >= 11 is 7.19. The minimum Gasteiger partial charge on any atom is -0.489 e. The molecule has 0 spiro atoms. The SMILES string of the molecule is N#CC1=C(SCC(=O)Nc2ccc(Cl)cc2)NC2=C(C(=O)CCC2)[C@H]1c1ccc(OCc2ccccc2)cc1. The Hall–Kier alpha value is -3.99. The van der Waals surface area contributed by atoms with Crippen molar-refractivity contribution in [2.75, 3.05) is 11.1 Å². The quantitative estimate of drug-likeness (QED) is 0.320. The van der Waals surface area contributed by atoms with Crippen LogP contribution < -0.4 is 15.4 Å². The van der Waals surface area contributed by atoms with Crippen LogP contribution in [0.2, 0.25) is 5.02 Å². The number of carbonyl (C=O) groups excluding carboxylic acids is 2. The van der Waals surface area contributed by atoms with Gasteiger partial charge in [0, 0.05) is 28.4 Å². The molecule has 0 bridgehead atoms. The number of hydrogen-bond acceptors (Lipinski definition) is 6. The van der Waals surface area contributed by atoms with Crippen molar-refractivity contribution >= 4 is 40.7 Å². The number of dihydropyridines is 1. The van der Waals surface area contributed by atoms with E-state index in [-0.39, 0.29) is 17.4 Å². The van der Waals surface area contributed by atoms with Gasteiger partial charge in [-0.3, -0.25) is 9.59 Å². The van der Waals surface area contributed by atoms with Gasteiger partial charge >= 0.3 is 0 Å². The van der Waals surface area contributed by atoms with Gasteiger partial charge in [0.2, 0.25) is 5.91 Å². The molecule has 1 aliphatic carbocycles. The fourth-order valence-corrected chi connectivity index (χ4v) is 5.72. The van der Waals surface area contributed by atoms with Gasteiger partial charge in [0.25, 0.3) is 0 Å². The molecule has 39 heavy (non-hydrogen) atoms. The van der Waals surface area contributed by atoms with Crippen molar-refractivity contribution in [3.05, 3.63) is 117 Å². The number of carbonyl (C=O) groups is 2. The maximum atomic E-state index is 13.1. The molecule has 5 rings (SSSR count). The Morgan fingerprint density at radius 3 is 2.51 bits per heavy atom. The van der Waals surface area contributed by atoms with Crippen LogP contribution in [0.25, 0.3) is 0 Å². The molecule has 6 nitrogen and oxygen atoms in total. The highest BCUT2D eigenvalue weighted by Gasteiger charge is 2.37. The lowest BCUT2D eigenvalue weighted by atomic mass is 9.77. The molecule has 0 unspecified atom stereocenters. The normalized spacial score (nSPS) is 16.7. The highest BCUT2D eigenvalue weighted by molar-refractivity contribution is 8.03. The van der Waals surface area contributed by atoms with Gasteiger partial charge in [-0.05, 0) is 60.4 Å². The highest BCUT2D eigenvalue weighted by Crippen LogP contribution is 2.44. The van der Waals surface area contributed by atoms with E-state index in [1.165, 1.54) is 11.8 Å². The number of rotatable bonds is 8. The van der Waals surface area contributed by atoms with Gasteiger partial charge in [-0.2, -0.15) is 5.26 Å². The van der Waals surface area contributed by atoms with Crippen LogP contribution >= 0.6 is 23.4 Å². The van der Waals surface area contributed by atoms with Crippen LogP contribution in [0, 0.1) is 11.3 Å². The number of nitrogens with one attached hydrogen (secondary N) is 2. The molecule has 1 atom stereocenters. The first-order valence-corrected chi connectivity index (χ1v) is 14.0. The summed E-state index contributed by atoms with van der Waals surface area (Å²) in [5.41, 5.74) is 4.47. The zero-order valence-electron chi connectivity index (χ0n) is 21.1. The minimum absolute atomic E-state index is 0.0513. The smallest absolute Gasteiger partial charge is 0.234 e. The number of ether oxygens (including phenoxy) is 1. The van der Waals surface area contributed by atoms with Gasteiger partial charge in [0.15, 0.2) is 5.78 Å². The summed E-state index contributed by atoms with van der Waals surface area (Å²) in [7, 11) is 0. The average Bonchev–Trinajstić information content (AvgIpc) is 2.96. The van der Waals surface area contributed by atoms with E-state index in [1.807, 2.05) is 54.6 Å². The van der Waals surface area contributed by atoms with Crippen molar-refractivity contribution in [2.45, 2.75) is 31.8 Å². The summed E-state index contributed by atoms with van der Waals surface area (Å²) in [5, 5.41) is 17.6. The van der Waals surface area contributed by atoms with Crippen molar-refractivity contribution < 1.29 is 14.3 Å². The molecule has 2 aliphatic rings. The molecule has 1 amide bonds. The predicted octanol–water partition coefficient (Wildman–Crippen LogP) is 6.72. The lowest BCUT2D eigenvalue weighted by Gasteiger charge is -2.33.